The van der Waals surface area contributed by atoms with Crippen LogP contribution >= 0.6 is 0 Å². The summed E-state index contributed by atoms with van der Waals surface area (Å²) in [4.78, 5) is 26.2. The maximum absolute atomic E-state index is 6.23. The lowest BCUT2D eigenvalue weighted by molar-refractivity contribution is 0.154. The Balaban J connectivity index is 1.26. The second kappa shape index (κ2) is 8.81. The molecular weight excluding hydrogens is 466 g/mol. The molecule has 0 atom stereocenters. The van der Waals surface area contributed by atoms with Crippen molar-refractivity contribution in [3.8, 4) is 34.3 Å². The van der Waals surface area contributed by atoms with E-state index < -0.39 is 0 Å². The van der Waals surface area contributed by atoms with E-state index in [0.29, 0.717) is 17.3 Å². The predicted octanol–water partition coefficient (Wildman–Crippen LogP) is 5.16. The third-order valence-corrected chi connectivity index (χ3v) is 6.87. The van der Waals surface area contributed by atoms with Crippen LogP contribution in [0.5, 0.6) is 5.75 Å². The Morgan fingerprint density at radius 1 is 1.00 bits per heavy atom. The highest BCUT2D eigenvalue weighted by Crippen LogP contribution is 2.31. The minimum absolute atomic E-state index is 0.264. The average molecular weight is 492 g/mol. The minimum Gasteiger partial charge on any atom is -0.489 e. The van der Waals surface area contributed by atoms with E-state index in [-0.39, 0.29) is 6.10 Å². The second-order valence-electron chi connectivity index (χ2n) is 9.51. The summed E-state index contributed by atoms with van der Waals surface area (Å²) in [6.45, 7) is 1.95. The molecule has 0 spiro atoms. The Morgan fingerprint density at radius 3 is 2.78 bits per heavy atom. The largest absolute Gasteiger partial charge is 0.489 e. The average Bonchev–Trinajstić information content (AvgIpc) is 3.66. The van der Waals surface area contributed by atoms with Gasteiger partial charge in [0.25, 0.3) is 0 Å². The van der Waals surface area contributed by atoms with Gasteiger partial charge in [0.2, 0.25) is 0 Å². The number of aryl methyl sites for hydroxylation is 1. The lowest BCUT2D eigenvalue weighted by Crippen LogP contribution is -2.19. The molecule has 0 amide bonds. The summed E-state index contributed by atoms with van der Waals surface area (Å²) in [5, 5.41) is 8.55. The number of hydrogen-bond donors (Lipinski definition) is 2. The molecule has 0 saturated heterocycles. The number of imidazole rings is 2. The van der Waals surface area contributed by atoms with Crippen molar-refractivity contribution < 1.29 is 4.74 Å². The first-order valence-corrected chi connectivity index (χ1v) is 12.5. The number of rotatable bonds is 5. The number of pyridine rings is 3. The van der Waals surface area contributed by atoms with Crippen LogP contribution in [0.2, 0.25) is 0 Å². The zero-order valence-electron chi connectivity index (χ0n) is 20.3. The van der Waals surface area contributed by atoms with Gasteiger partial charge in [-0.15, -0.1) is 0 Å². The lowest BCUT2D eigenvalue weighted by atomic mass is 9.98. The van der Waals surface area contributed by atoms with Crippen molar-refractivity contribution in [3.05, 3.63) is 61.2 Å². The molecule has 6 aromatic heterocycles. The normalized spacial score (nSPS) is 14.5. The van der Waals surface area contributed by atoms with Crippen LogP contribution in [-0.4, -0.2) is 50.8 Å². The van der Waals surface area contributed by atoms with Gasteiger partial charge in [-0.05, 0) is 50.8 Å². The number of aromatic amines is 2. The van der Waals surface area contributed by atoms with Crippen molar-refractivity contribution in [1.82, 2.24) is 44.7 Å². The van der Waals surface area contributed by atoms with Gasteiger partial charge in [-0.1, -0.05) is 6.42 Å². The van der Waals surface area contributed by atoms with E-state index in [2.05, 4.69) is 35.1 Å². The highest BCUT2D eigenvalue weighted by atomic mass is 16.5. The van der Waals surface area contributed by atoms with Gasteiger partial charge < -0.3 is 9.72 Å². The van der Waals surface area contributed by atoms with Crippen molar-refractivity contribution in [3.63, 3.8) is 0 Å². The predicted molar refractivity (Wildman–Crippen MR) is 139 cm³/mol. The highest BCUT2D eigenvalue weighted by molar-refractivity contribution is 5.95. The molecule has 10 heteroatoms. The van der Waals surface area contributed by atoms with Crippen molar-refractivity contribution in [2.24, 2.45) is 0 Å². The zero-order chi connectivity index (χ0) is 24.8. The smallest absolute Gasteiger partial charge is 0.166 e. The highest BCUT2D eigenvalue weighted by Gasteiger charge is 2.18. The fourth-order valence-electron chi connectivity index (χ4n) is 5.01. The molecule has 1 saturated carbocycles. The summed E-state index contributed by atoms with van der Waals surface area (Å²) in [6, 6.07) is 5.94. The molecule has 1 aliphatic carbocycles. The lowest BCUT2D eigenvalue weighted by Gasteiger charge is -2.22. The van der Waals surface area contributed by atoms with E-state index in [4.69, 9.17) is 9.72 Å². The van der Waals surface area contributed by atoms with Crippen LogP contribution in [0, 0.1) is 6.92 Å². The van der Waals surface area contributed by atoms with Gasteiger partial charge in [0, 0.05) is 29.5 Å². The third kappa shape index (κ3) is 4.00. The Labute approximate surface area is 212 Å². The number of hydrogen-bond acceptors (Lipinski definition) is 7. The summed E-state index contributed by atoms with van der Waals surface area (Å²) in [5.74, 6) is 2.14. The van der Waals surface area contributed by atoms with Crippen LogP contribution in [0.1, 0.15) is 37.8 Å². The zero-order valence-corrected chi connectivity index (χ0v) is 20.3. The molecule has 0 radical (unpaired) electrons. The van der Waals surface area contributed by atoms with E-state index in [9.17, 15) is 0 Å². The standard InChI is InChI=1S/C27H25N9O/c1-16-14-36(15-31-16)27-25-21(7-8-29-27)32-26(33-25)24-20-10-22(30-13-23(20)34-35-24)17-9-19(12-28-11-17)37-18-5-3-2-4-6-18/h7-15,18H,2-6H2,1H3,(H,32,33)(H,34,35). The van der Waals surface area contributed by atoms with Gasteiger partial charge >= 0.3 is 0 Å². The summed E-state index contributed by atoms with van der Waals surface area (Å²) in [7, 11) is 0. The molecule has 10 nitrogen and oxygen atoms in total. The maximum atomic E-state index is 6.23. The van der Waals surface area contributed by atoms with Gasteiger partial charge in [0.15, 0.2) is 11.6 Å². The van der Waals surface area contributed by atoms with Gasteiger partial charge in [0.05, 0.1) is 40.9 Å². The van der Waals surface area contributed by atoms with Gasteiger partial charge in [0.1, 0.15) is 23.3 Å². The van der Waals surface area contributed by atoms with E-state index in [1.54, 1.807) is 24.9 Å². The van der Waals surface area contributed by atoms with E-state index in [1.165, 1.54) is 19.3 Å². The number of H-pyrrole nitrogens is 2. The van der Waals surface area contributed by atoms with Crippen LogP contribution in [0.4, 0.5) is 0 Å². The molecule has 2 N–H and O–H groups in total. The quantitative estimate of drug-likeness (QED) is 0.341. The van der Waals surface area contributed by atoms with E-state index in [0.717, 1.165) is 57.5 Å². The first-order chi connectivity index (χ1) is 18.2. The molecule has 6 heterocycles. The Hall–Kier alpha value is -4.60. The molecule has 0 aromatic carbocycles. The van der Waals surface area contributed by atoms with Crippen molar-refractivity contribution in [2.45, 2.75) is 45.1 Å². The number of nitrogens with zero attached hydrogens (tertiary/aromatic N) is 7. The van der Waals surface area contributed by atoms with Gasteiger partial charge in [-0.2, -0.15) is 5.10 Å². The molecule has 0 bridgehead atoms. The summed E-state index contributed by atoms with van der Waals surface area (Å²) >= 11 is 0. The molecule has 0 unspecified atom stereocenters. The summed E-state index contributed by atoms with van der Waals surface area (Å²) in [6.07, 6.45) is 17.0. The molecule has 1 aliphatic rings. The first-order valence-electron chi connectivity index (χ1n) is 12.5. The van der Waals surface area contributed by atoms with Crippen LogP contribution in [0.3, 0.4) is 0 Å². The van der Waals surface area contributed by atoms with Crippen LogP contribution < -0.4 is 4.74 Å². The third-order valence-electron chi connectivity index (χ3n) is 6.87. The Morgan fingerprint density at radius 2 is 1.92 bits per heavy atom. The molecule has 184 valence electrons. The summed E-state index contributed by atoms with van der Waals surface area (Å²) in [5.41, 5.74) is 5.76. The molecule has 6 aromatic rings. The molecule has 0 aliphatic heterocycles. The van der Waals surface area contributed by atoms with Crippen molar-refractivity contribution >= 4 is 21.9 Å². The number of nitrogens with one attached hydrogen (secondary N) is 2. The van der Waals surface area contributed by atoms with Crippen molar-refractivity contribution in [1.29, 1.82) is 0 Å². The maximum Gasteiger partial charge on any atom is 0.166 e. The monoisotopic (exact) mass is 491 g/mol. The van der Waals surface area contributed by atoms with Crippen LogP contribution in [0.25, 0.3) is 50.5 Å². The number of ether oxygens (including phenoxy) is 1. The fourth-order valence-corrected chi connectivity index (χ4v) is 5.01. The van der Waals surface area contributed by atoms with E-state index >= 15 is 0 Å². The molecule has 1 fully saturated rings. The SMILES string of the molecule is Cc1cn(-c2nccc3[nH]c(-c4n[nH]c5cnc(-c6cncc(OC7CCCCC7)c6)cc45)nc23)cn1. The number of fused-ring (bicyclic) bond motifs is 2. The Bertz CT molecular complexity index is 1720. The van der Waals surface area contributed by atoms with E-state index in [1.807, 2.05) is 42.1 Å². The fraction of sp³-hybridized carbons (Fsp3) is 0.259. The Kier molecular flexibility index (Phi) is 5.16. The topological polar surface area (TPSA) is 123 Å². The van der Waals surface area contributed by atoms with Crippen LogP contribution in [-0.2, 0) is 0 Å². The van der Waals surface area contributed by atoms with Gasteiger partial charge in [-0.25, -0.2) is 15.0 Å². The molecule has 37 heavy (non-hydrogen) atoms. The minimum atomic E-state index is 0.264. The van der Waals surface area contributed by atoms with Gasteiger partial charge in [-0.3, -0.25) is 19.6 Å². The first kappa shape index (κ1) is 21.7. The van der Waals surface area contributed by atoms with Crippen LogP contribution in [0.15, 0.2) is 55.5 Å². The second-order valence-corrected chi connectivity index (χ2v) is 9.51. The molecular formula is C27H25N9O. The summed E-state index contributed by atoms with van der Waals surface area (Å²) < 4.78 is 8.11. The van der Waals surface area contributed by atoms with Crippen molar-refractivity contribution in [2.75, 3.05) is 0 Å². The number of aromatic nitrogens is 9. The molecule has 7 rings (SSSR count).